The van der Waals surface area contributed by atoms with E-state index in [2.05, 4.69) is 73.6 Å². The summed E-state index contributed by atoms with van der Waals surface area (Å²) in [5, 5.41) is 41.1. The summed E-state index contributed by atoms with van der Waals surface area (Å²) in [6.07, 6.45) is 7.96. The third-order valence-electron chi connectivity index (χ3n) is 14.4. The molecule has 3 saturated carbocycles. The topological polar surface area (TPSA) is 118 Å². The first-order valence-corrected chi connectivity index (χ1v) is 17.9. The zero-order chi connectivity index (χ0) is 34.0. The van der Waals surface area contributed by atoms with Gasteiger partial charge in [0.1, 0.15) is 24.4 Å². The van der Waals surface area contributed by atoms with E-state index in [0.717, 1.165) is 25.7 Å². The van der Waals surface area contributed by atoms with Crippen LogP contribution in [0.25, 0.3) is 0 Å². The maximum absolute atomic E-state index is 10.7. The van der Waals surface area contributed by atoms with E-state index in [1.54, 1.807) is 7.11 Å². The number of hydrogen-bond acceptors (Lipinski definition) is 8. The number of ether oxygens (including phenoxy) is 4. The van der Waals surface area contributed by atoms with Crippen LogP contribution in [0.5, 0.6) is 0 Å². The SMILES string of the molecule is CO[C@@H]1C=C2[C@@H](CC[C@H](O[C@@H]3O[C@H](CO)[C@@H](O)[C@@H](O)[C@H]3O)C2(C)C)[C@]2(C)CC[C@]3(C)[C@@H]([C@H](C)C/C=C/C(C)(C)OC)CC[C@@]3(C)[C@H]12. The van der Waals surface area contributed by atoms with Crippen LogP contribution in [0.1, 0.15) is 100 Å². The van der Waals surface area contributed by atoms with E-state index in [0.29, 0.717) is 23.7 Å². The minimum atomic E-state index is -1.45. The lowest BCUT2D eigenvalue weighted by molar-refractivity contribution is -0.320. The molecule has 4 N–H and O–H groups in total. The van der Waals surface area contributed by atoms with Crippen molar-refractivity contribution in [2.24, 2.45) is 45.3 Å². The summed E-state index contributed by atoms with van der Waals surface area (Å²) >= 11 is 0. The van der Waals surface area contributed by atoms with Gasteiger partial charge in [-0.1, -0.05) is 65.3 Å². The molecular formula is C38H64O8. The molecule has 0 radical (unpaired) electrons. The van der Waals surface area contributed by atoms with E-state index in [1.165, 1.54) is 24.8 Å². The highest BCUT2D eigenvalue weighted by Crippen LogP contribution is 2.75. The number of methoxy groups -OCH3 is 2. The van der Waals surface area contributed by atoms with Crippen LogP contribution in [-0.4, -0.2) is 89.8 Å². The molecule has 1 heterocycles. The number of rotatable bonds is 9. The Labute approximate surface area is 277 Å². The van der Waals surface area contributed by atoms with Gasteiger partial charge in [-0.25, -0.2) is 0 Å². The Morgan fingerprint density at radius 1 is 0.957 bits per heavy atom. The van der Waals surface area contributed by atoms with Crippen molar-refractivity contribution in [1.82, 2.24) is 0 Å². The van der Waals surface area contributed by atoms with Crippen LogP contribution >= 0.6 is 0 Å². The maximum Gasteiger partial charge on any atom is 0.187 e. The van der Waals surface area contributed by atoms with Gasteiger partial charge >= 0.3 is 0 Å². The van der Waals surface area contributed by atoms with Crippen molar-refractivity contribution in [2.75, 3.05) is 20.8 Å². The third-order valence-corrected chi connectivity index (χ3v) is 14.4. The molecule has 1 saturated heterocycles. The molecular weight excluding hydrogens is 584 g/mol. The quantitative estimate of drug-likeness (QED) is 0.245. The smallest absolute Gasteiger partial charge is 0.187 e. The number of hydrogen-bond donors (Lipinski definition) is 4. The predicted octanol–water partition coefficient (Wildman–Crippen LogP) is 5.41. The zero-order valence-corrected chi connectivity index (χ0v) is 30.2. The molecule has 0 aromatic carbocycles. The van der Waals surface area contributed by atoms with Gasteiger partial charge in [-0.15, -0.1) is 0 Å². The van der Waals surface area contributed by atoms with Gasteiger partial charge in [-0.2, -0.15) is 0 Å². The summed E-state index contributed by atoms with van der Waals surface area (Å²) < 4.78 is 24.3. The fourth-order valence-corrected chi connectivity index (χ4v) is 11.3. The van der Waals surface area contributed by atoms with Gasteiger partial charge < -0.3 is 39.4 Å². The first-order valence-electron chi connectivity index (χ1n) is 17.9. The summed E-state index contributed by atoms with van der Waals surface area (Å²) in [5.74, 6) is 2.03. The average Bonchev–Trinajstić information content (AvgIpc) is 3.28. The molecule has 0 amide bonds. The number of fused-ring (bicyclic) bond motifs is 5. The first kappa shape index (κ1) is 36.4. The van der Waals surface area contributed by atoms with Gasteiger partial charge in [-0.3, -0.25) is 0 Å². The highest BCUT2D eigenvalue weighted by molar-refractivity contribution is 5.33. The van der Waals surface area contributed by atoms with Gasteiger partial charge in [0.2, 0.25) is 0 Å². The van der Waals surface area contributed by atoms with Crippen LogP contribution in [-0.2, 0) is 18.9 Å². The molecule has 4 fully saturated rings. The summed E-state index contributed by atoms with van der Waals surface area (Å²) in [4.78, 5) is 0. The fourth-order valence-electron chi connectivity index (χ4n) is 11.3. The molecule has 46 heavy (non-hydrogen) atoms. The fraction of sp³-hybridized carbons (Fsp3) is 0.895. The molecule has 0 spiro atoms. The molecule has 0 unspecified atom stereocenters. The van der Waals surface area contributed by atoms with Gasteiger partial charge in [0.25, 0.3) is 0 Å². The van der Waals surface area contributed by atoms with E-state index in [4.69, 9.17) is 18.9 Å². The second-order valence-electron chi connectivity index (χ2n) is 17.4. The van der Waals surface area contributed by atoms with Crippen LogP contribution < -0.4 is 0 Å². The van der Waals surface area contributed by atoms with Crippen LogP contribution in [0.4, 0.5) is 0 Å². The molecule has 14 atom stereocenters. The number of aliphatic hydroxyl groups excluding tert-OH is 4. The molecule has 5 aliphatic rings. The average molecular weight is 649 g/mol. The van der Waals surface area contributed by atoms with Crippen molar-refractivity contribution < 1.29 is 39.4 Å². The molecule has 264 valence electrons. The van der Waals surface area contributed by atoms with Crippen LogP contribution in [0.3, 0.4) is 0 Å². The highest BCUT2D eigenvalue weighted by atomic mass is 16.7. The lowest BCUT2D eigenvalue weighted by atomic mass is 9.38. The van der Waals surface area contributed by atoms with Gasteiger partial charge in [0.05, 0.1) is 24.4 Å². The van der Waals surface area contributed by atoms with Crippen molar-refractivity contribution in [3.05, 3.63) is 23.8 Å². The van der Waals surface area contributed by atoms with Crippen molar-refractivity contribution in [2.45, 2.75) is 149 Å². The van der Waals surface area contributed by atoms with Gasteiger partial charge in [-0.05, 0) is 92.8 Å². The maximum atomic E-state index is 10.7. The largest absolute Gasteiger partial charge is 0.394 e. The van der Waals surface area contributed by atoms with Crippen molar-refractivity contribution in [3.63, 3.8) is 0 Å². The first-order chi connectivity index (χ1) is 21.4. The van der Waals surface area contributed by atoms with E-state index in [9.17, 15) is 20.4 Å². The highest BCUT2D eigenvalue weighted by Gasteiger charge is 2.69. The molecule has 0 bridgehead atoms. The monoisotopic (exact) mass is 648 g/mol. The molecule has 8 heteroatoms. The predicted molar refractivity (Wildman–Crippen MR) is 178 cm³/mol. The zero-order valence-electron chi connectivity index (χ0n) is 30.2. The lowest BCUT2D eigenvalue weighted by Crippen LogP contribution is -2.64. The minimum Gasteiger partial charge on any atom is -0.394 e. The van der Waals surface area contributed by atoms with Crippen LogP contribution in [0.15, 0.2) is 23.8 Å². The Morgan fingerprint density at radius 2 is 1.65 bits per heavy atom. The van der Waals surface area contributed by atoms with Crippen molar-refractivity contribution in [3.8, 4) is 0 Å². The second kappa shape index (κ2) is 12.8. The second-order valence-corrected chi connectivity index (χ2v) is 17.4. The Bertz CT molecular complexity index is 1150. The van der Waals surface area contributed by atoms with E-state index < -0.39 is 37.3 Å². The minimum absolute atomic E-state index is 0.0115. The Kier molecular flexibility index (Phi) is 10.1. The number of aliphatic hydroxyl groups is 4. The summed E-state index contributed by atoms with van der Waals surface area (Å²) in [7, 11) is 3.64. The van der Waals surface area contributed by atoms with Crippen LogP contribution in [0, 0.1) is 45.3 Å². The molecule has 4 aliphatic carbocycles. The Balaban J connectivity index is 1.41. The molecule has 1 aliphatic heterocycles. The molecule has 0 aromatic rings. The Hall–Kier alpha value is -0.840. The van der Waals surface area contributed by atoms with Crippen molar-refractivity contribution in [1.29, 1.82) is 0 Å². The van der Waals surface area contributed by atoms with E-state index in [1.807, 2.05) is 7.11 Å². The number of allylic oxidation sites excluding steroid dienone is 1. The van der Waals surface area contributed by atoms with Crippen molar-refractivity contribution >= 4 is 0 Å². The van der Waals surface area contributed by atoms with Gasteiger partial charge in [0.15, 0.2) is 6.29 Å². The summed E-state index contributed by atoms with van der Waals surface area (Å²) in [5.41, 5.74) is 1.19. The summed E-state index contributed by atoms with van der Waals surface area (Å²) in [6, 6.07) is 0. The normalized spacial score (nSPS) is 48.0. The molecule has 0 aromatic heterocycles. The van der Waals surface area contributed by atoms with E-state index in [-0.39, 0.29) is 39.5 Å². The third kappa shape index (κ3) is 5.69. The van der Waals surface area contributed by atoms with Gasteiger partial charge in [0, 0.05) is 25.6 Å². The summed E-state index contributed by atoms with van der Waals surface area (Å²) in [6.45, 7) is 18.3. The molecule has 5 rings (SSSR count). The Morgan fingerprint density at radius 3 is 2.28 bits per heavy atom. The van der Waals surface area contributed by atoms with Crippen LogP contribution in [0.2, 0.25) is 0 Å². The standard InChI is InChI=1S/C38H64O8/c1-22(12-11-16-34(2,3)44-10)23-15-17-38(8)32-26(43-9)20-25-24(36(32,6)18-19-37(23,38)7)13-14-28(35(25,4)5)46-33-31(42)30(41)29(40)27(21-39)45-33/h11,16,20,22-24,26-33,39-42H,12-15,17-19,21H2,1-10H3/b16-11+/t22-,23-,24-,26-,27-,28+,29-,30-,31-,32-,33+,36+,37-,38+/m1/s1. The van der Waals surface area contributed by atoms with E-state index >= 15 is 0 Å². The molecule has 8 nitrogen and oxygen atoms in total. The lowest BCUT2D eigenvalue weighted by Gasteiger charge is -2.67.